The molecule has 124 valence electrons. The van der Waals surface area contributed by atoms with E-state index in [-0.39, 0.29) is 28.9 Å². The molecule has 1 rings (SSSR count). The summed E-state index contributed by atoms with van der Waals surface area (Å²) in [7, 11) is 0. The maximum Gasteiger partial charge on any atom is 0.326 e. The molecule has 0 aromatic carbocycles. The number of thioether (sulfide) groups is 2. The Hall–Kier alpha value is -0.870. The molecule has 1 aliphatic rings. The molecule has 0 saturated carbocycles. The van der Waals surface area contributed by atoms with Gasteiger partial charge in [0, 0.05) is 5.75 Å². The Morgan fingerprint density at radius 3 is 2.59 bits per heavy atom. The lowest BCUT2D eigenvalue weighted by Crippen LogP contribution is -2.42. The number of thiol groups is 1. The fraction of sp³-hybridized carbons (Fsp3) is 0.667. The predicted molar refractivity (Wildman–Crippen MR) is 89.4 cm³/mol. The maximum absolute atomic E-state index is 11.6. The van der Waals surface area contributed by atoms with E-state index in [1.54, 1.807) is 0 Å². The maximum atomic E-state index is 11.6. The Morgan fingerprint density at radius 2 is 2.05 bits per heavy atom. The van der Waals surface area contributed by atoms with Gasteiger partial charge in [-0.1, -0.05) is 11.8 Å². The molecule has 1 saturated heterocycles. The third-order valence-corrected chi connectivity index (χ3v) is 4.99. The lowest BCUT2D eigenvalue weighted by molar-refractivity contribution is -0.141. The first-order valence-corrected chi connectivity index (χ1v) is 9.38. The standard InChI is InChI=1S/C12H18N2O5S3/c15-9(13-7(1-3-20)11(17)18)5-21-6-10(16)14-8-2-4-22-12(8)19/h7-8,20H,1-6H2,(H,13,15)(H,14,16)(H,17,18)/t7-,8+/m0/s1. The SMILES string of the molecule is O=C(CSCC(=O)N[C@@H]1CCSC1=O)N[C@@H](CCS)C(=O)O. The summed E-state index contributed by atoms with van der Waals surface area (Å²) in [5.74, 6) is -0.768. The zero-order valence-corrected chi connectivity index (χ0v) is 14.3. The van der Waals surface area contributed by atoms with E-state index in [9.17, 15) is 19.2 Å². The van der Waals surface area contributed by atoms with Crippen molar-refractivity contribution in [3.8, 4) is 0 Å². The molecule has 1 heterocycles. The van der Waals surface area contributed by atoms with E-state index in [0.29, 0.717) is 17.9 Å². The number of hydrogen-bond donors (Lipinski definition) is 4. The molecule has 1 aliphatic heterocycles. The molecule has 1 fully saturated rings. The van der Waals surface area contributed by atoms with E-state index < -0.39 is 24.0 Å². The van der Waals surface area contributed by atoms with Crippen molar-refractivity contribution < 1.29 is 24.3 Å². The van der Waals surface area contributed by atoms with Crippen molar-refractivity contribution in [1.29, 1.82) is 0 Å². The first-order chi connectivity index (χ1) is 10.4. The molecule has 10 heteroatoms. The number of amides is 2. The van der Waals surface area contributed by atoms with Gasteiger partial charge in [0.05, 0.1) is 17.5 Å². The lowest BCUT2D eigenvalue weighted by atomic mass is 10.2. The van der Waals surface area contributed by atoms with Crippen LogP contribution in [0.5, 0.6) is 0 Å². The van der Waals surface area contributed by atoms with E-state index in [0.717, 1.165) is 11.8 Å². The van der Waals surface area contributed by atoms with E-state index >= 15 is 0 Å². The van der Waals surface area contributed by atoms with Crippen LogP contribution >= 0.6 is 36.2 Å². The quantitative estimate of drug-likeness (QED) is 0.417. The lowest BCUT2D eigenvalue weighted by Gasteiger charge is -2.13. The second kappa shape index (κ2) is 10.0. The predicted octanol–water partition coefficient (Wildman–Crippen LogP) is -0.243. The van der Waals surface area contributed by atoms with Crippen molar-refractivity contribution in [2.24, 2.45) is 0 Å². The van der Waals surface area contributed by atoms with E-state index in [4.69, 9.17) is 5.11 Å². The van der Waals surface area contributed by atoms with Gasteiger partial charge in [-0.15, -0.1) is 11.8 Å². The Labute approximate surface area is 142 Å². The van der Waals surface area contributed by atoms with Crippen molar-refractivity contribution in [3.63, 3.8) is 0 Å². The minimum atomic E-state index is -1.11. The minimum Gasteiger partial charge on any atom is -0.480 e. The third-order valence-electron chi connectivity index (χ3n) is 2.79. The fourth-order valence-electron chi connectivity index (χ4n) is 1.72. The molecule has 3 N–H and O–H groups in total. The van der Waals surface area contributed by atoms with Gasteiger partial charge < -0.3 is 15.7 Å². The summed E-state index contributed by atoms with van der Waals surface area (Å²) in [4.78, 5) is 45.5. The molecule has 0 aromatic heterocycles. The topological polar surface area (TPSA) is 113 Å². The molecule has 2 atom stereocenters. The summed E-state index contributed by atoms with van der Waals surface area (Å²) in [6.07, 6.45) is 0.862. The minimum absolute atomic E-state index is 0.0167. The van der Waals surface area contributed by atoms with Crippen molar-refractivity contribution >= 4 is 59.1 Å². The molecule has 7 nitrogen and oxygen atoms in total. The van der Waals surface area contributed by atoms with Crippen LogP contribution in [-0.2, 0) is 19.2 Å². The molecule has 0 radical (unpaired) electrons. The molecule has 0 aliphatic carbocycles. The van der Waals surface area contributed by atoms with Crippen LogP contribution in [0.3, 0.4) is 0 Å². The van der Waals surface area contributed by atoms with Crippen LogP contribution in [0.4, 0.5) is 0 Å². The van der Waals surface area contributed by atoms with Gasteiger partial charge in [-0.05, 0) is 18.6 Å². The molecule has 2 amide bonds. The average Bonchev–Trinajstić information content (AvgIpc) is 2.83. The van der Waals surface area contributed by atoms with Crippen LogP contribution in [0.2, 0.25) is 0 Å². The first kappa shape index (κ1) is 19.2. The Morgan fingerprint density at radius 1 is 1.36 bits per heavy atom. The van der Waals surface area contributed by atoms with Crippen molar-refractivity contribution in [3.05, 3.63) is 0 Å². The summed E-state index contributed by atoms with van der Waals surface area (Å²) in [6, 6.07) is -1.40. The van der Waals surface area contributed by atoms with Gasteiger partial charge in [-0.25, -0.2) is 4.79 Å². The summed E-state index contributed by atoms with van der Waals surface area (Å²) < 4.78 is 0. The van der Waals surface area contributed by atoms with Crippen molar-refractivity contribution in [2.75, 3.05) is 23.0 Å². The highest BCUT2D eigenvalue weighted by Gasteiger charge is 2.26. The second-order valence-electron chi connectivity index (χ2n) is 4.54. The van der Waals surface area contributed by atoms with Crippen LogP contribution in [-0.4, -0.2) is 63.1 Å². The van der Waals surface area contributed by atoms with Gasteiger partial charge in [-0.2, -0.15) is 12.6 Å². The summed E-state index contributed by atoms with van der Waals surface area (Å²) in [6.45, 7) is 0. The van der Waals surface area contributed by atoms with E-state index in [1.165, 1.54) is 11.8 Å². The van der Waals surface area contributed by atoms with Gasteiger partial charge in [0.15, 0.2) is 0 Å². The molecule has 0 unspecified atom stereocenters. The van der Waals surface area contributed by atoms with Gasteiger partial charge in [0.1, 0.15) is 6.04 Å². The van der Waals surface area contributed by atoms with Gasteiger partial charge in [0.25, 0.3) is 0 Å². The highest BCUT2D eigenvalue weighted by atomic mass is 32.2. The largest absolute Gasteiger partial charge is 0.480 e. The highest BCUT2D eigenvalue weighted by Crippen LogP contribution is 2.19. The van der Waals surface area contributed by atoms with Crippen LogP contribution in [0.25, 0.3) is 0 Å². The molecule has 0 bridgehead atoms. The van der Waals surface area contributed by atoms with Crippen LogP contribution in [0.1, 0.15) is 12.8 Å². The van der Waals surface area contributed by atoms with Crippen LogP contribution < -0.4 is 10.6 Å². The summed E-state index contributed by atoms with van der Waals surface area (Å²) in [5, 5.41) is 13.9. The number of carboxylic acids is 1. The van der Waals surface area contributed by atoms with Crippen LogP contribution in [0, 0.1) is 0 Å². The second-order valence-corrected chi connectivity index (χ2v) is 7.07. The van der Waals surface area contributed by atoms with Crippen LogP contribution in [0.15, 0.2) is 0 Å². The van der Waals surface area contributed by atoms with E-state index in [1.807, 2.05) is 0 Å². The molecule has 22 heavy (non-hydrogen) atoms. The Bertz CT molecular complexity index is 446. The molecule has 0 spiro atoms. The third kappa shape index (κ3) is 6.93. The van der Waals surface area contributed by atoms with Gasteiger partial charge in [0.2, 0.25) is 16.9 Å². The molecular weight excluding hydrogens is 348 g/mol. The highest BCUT2D eigenvalue weighted by molar-refractivity contribution is 8.14. The smallest absolute Gasteiger partial charge is 0.326 e. The number of aliphatic carboxylic acids is 1. The summed E-state index contributed by atoms with van der Waals surface area (Å²) >= 11 is 6.21. The zero-order valence-electron chi connectivity index (χ0n) is 11.7. The molecule has 0 aromatic rings. The fourth-order valence-corrected chi connectivity index (χ4v) is 3.55. The number of carboxylic acid groups (broad SMARTS) is 1. The van der Waals surface area contributed by atoms with Gasteiger partial charge >= 0.3 is 5.97 Å². The number of rotatable bonds is 9. The zero-order chi connectivity index (χ0) is 16.5. The van der Waals surface area contributed by atoms with Crippen molar-refractivity contribution in [1.82, 2.24) is 10.6 Å². The Kier molecular flexibility index (Phi) is 8.72. The number of carbonyl (C=O) groups excluding carboxylic acids is 3. The molecular formula is C12H18N2O5S3. The van der Waals surface area contributed by atoms with Gasteiger partial charge in [-0.3, -0.25) is 14.4 Å². The summed E-state index contributed by atoms with van der Waals surface area (Å²) in [5.41, 5.74) is 0. The first-order valence-electron chi connectivity index (χ1n) is 6.60. The van der Waals surface area contributed by atoms with E-state index in [2.05, 4.69) is 23.3 Å². The number of nitrogens with one attached hydrogen (secondary N) is 2. The average molecular weight is 366 g/mol. The Balaban J connectivity index is 2.22. The monoisotopic (exact) mass is 366 g/mol. The number of hydrogen-bond acceptors (Lipinski definition) is 7. The number of carbonyl (C=O) groups is 4. The normalized spacial score (nSPS) is 18.8. The van der Waals surface area contributed by atoms with Crippen molar-refractivity contribution in [2.45, 2.75) is 24.9 Å².